The van der Waals surface area contributed by atoms with Crippen LogP contribution in [0.15, 0.2) is 24.4 Å². The third-order valence-electron chi connectivity index (χ3n) is 1.60. The van der Waals surface area contributed by atoms with Crippen molar-refractivity contribution in [2.24, 2.45) is 0 Å². The van der Waals surface area contributed by atoms with Gasteiger partial charge in [0.2, 0.25) is 0 Å². The van der Waals surface area contributed by atoms with E-state index in [1.165, 1.54) is 0 Å². The van der Waals surface area contributed by atoms with E-state index in [9.17, 15) is 0 Å². The van der Waals surface area contributed by atoms with E-state index in [2.05, 4.69) is 23.9 Å². The molecule has 13 heavy (non-hydrogen) atoms. The molecule has 1 rings (SSSR count). The third-order valence-corrected chi connectivity index (χ3v) is 1.60. The molecule has 0 bridgehead atoms. The molecule has 0 aromatic carbocycles. The topological polar surface area (TPSA) is 16.1 Å². The molecule has 74 valence electrons. The molecule has 0 unspecified atom stereocenters. The second-order valence-electron chi connectivity index (χ2n) is 2.61. The summed E-state index contributed by atoms with van der Waals surface area (Å²) in [4.78, 5) is 6.38. The molecular weight excluding hydrogens is 160 g/mol. The van der Waals surface area contributed by atoms with Crippen molar-refractivity contribution >= 4 is 5.82 Å². The van der Waals surface area contributed by atoms with Crippen molar-refractivity contribution < 1.29 is 0 Å². The fourth-order valence-electron chi connectivity index (χ4n) is 1.03. The highest BCUT2D eigenvalue weighted by molar-refractivity contribution is 5.35. The van der Waals surface area contributed by atoms with Gasteiger partial charge in [0.05, 0.1) is 0 Å². The summed E-state index contributed by atoms with van der Waals surface area (Å²) >= 11 is 0. The standard InChI is InChI=1S/C9H14N2.C2H6/c1-3-8-11(2)9-6-4-5-7-10-9;1-2/h4-7H,3,8H2,1-2H3;1-2H3. The van der Waals surface area contributed by atoms with Gasteiger partial charge in [-0.05, 0) is 18.6 Å². The van der Waals surface area contributed by atoms with Gasteiger partial charge in [0.25, 0.3) is 0 Å². The van der Waals surface area contributed by atoms with Crippen molar-refractivity contribution in [3.05, 3.63) is 24.4 Å². The normalized spacial score (nSPS) is 8.62. The van der Waals surface area contributed by atoms with Gasteiger partial charge in [0, 0.05) is 19.8 Å². The molecule has 1 aromatic rings. The lowest BCUT2D eigenvalue weighted by atomic mass is 10.4. The van der Waals surface area contributed by atoms with Crippen molar-refractivity contribution in [2.45, 2.75) is 27.2 Å². The minimum atomic E-state index is 1.05. The van der Waals surface area contributed by atoms with Gasteiger partial charge in [0.15, 0.2) is 0 Å². The quantitative estimate of drug-likeness (QED) is 0.711. The van der Waals surface area contributed by atoms with E-state index >= 15 is 0 Å². The molecule has 2 nitrogen and oxygen atoms in total. The number of aromatic nitrogens is 1. The summed E-state index contributed by atoms with van der Waals surface area (Å²) in [7, 11) is 2.06. The van der Waals surface area contributed by atoms with E-state index in [0.29, 0.717) is 0 Å². The lowest BCUT2D eigenvalue weighted by Gasteiger charge is -2.15. The third kappa shape index (κ3) is 4.51. The second-order valence-corrected chi connectivity index (χ2v) is 2.61. The van der Waals surface area contributed by atoms with E-state index in [4.69, 9.17) is 0 Å². The Kier molecular flexibility index (Phi) is 6.98. The van der Waals surface area contributed by atoms with Gasteiger partial charge in [-0.1, -0.05) is 26.8 Å². The Morgan fingerprint density at radius 2 is 2.00 bits per heavy atom. The van der Waals surface area contributed by atoms with E-state index in [1.54, 1.807) is 0 Å². The molecule has 1 aromatic heterocycles. The van der Waals surface area contributed by atoms with E-state index in [0.717, 1.165) is 18.8 Å². The smallest absolute Gasteiger partial charge is 0.128 e. The summed E-state index contributed by atoms with van der Waals surface area (Å²) < 4.78 is 0. The first-order valence-electron chi connectivity index (χ1n) is 4.96. The van der Waals surface area contributed by atoms with Crippen LogP contribution in [-0.2, 0) is 0 Å². The van der Waals surface area contributed by atoms with Crippen LogP contribution >= 0.6 is 0 Å². The van der Waals surface area contributed by atoms with Crippen LogP contribution in [-0.4, -0.2) is 18.6 Å². The molecule has 0 radical (unpaired) electrons. The summed E-state index contributed by atoms with van der Waals surface area (Å²) in [5.41, 5.74) is 0. The number of pyridine rings is 1. The predicted octanol–water partition coefficient (Wildman–Crippen LogP) is 2.95. The zero-order chi connectivity index (χ0) is 10.1. The minimum absolute atomic E-state index is 1.05. The van der Waals surface area contributed by atoms with Crippen molar-refractivity contribution in [1.82, 2.24) is 4.98 Å². The zero-order valence-corrected chi connectivity index (χ0v) is 9.12. The Morgan fingerprint density at radius 1 is 1.31 bits per heavy atom. The van der Waals surface area contributed by atoms with Crippen molar-refractivity contribution in [3.8, 4) is 0 Å². The lowest BCUT2D eigenvalue weighted by Crippen LogP contribution is -2.18. The van der Waals surface area contributed by atoms with Crippen molar-refractivity contribution in [2.75, 3.05) is 18.5 Å². The molecule has 0 aliphatic carbocycles. The summed E-state index contributed by atoms with van der Waals surface area (Å²) in [5, 5.41) is 0. The molecule has 1 heterocycles. The molecule has 0 aliphatic rings. The maximum absolute atomic E-state index is 4.22. The monoisotopic (exact) mass is 180 g/mol. The van der Waals surface area contributed by atoms with Crippen LogP contribution in [0.3, 0.4) is 0 Å². The van der Waals surface area contributed by atoms with E-state index < -0.39 is 0 Å². The van der Waals surface area contributed by atoms with Gasteiger partial charge < -0.3 is 4.90 Å². The molecule has 0 amide bonds. The summed E-state index contributed by atoms with van der Waals surface area (Å²) in [5.74, 6) is 1.05. The highest BCUT2D eigenvalue weighted by Crippen LogP contribution is 2.05. The molecule has 0 spiro atoms. The van der Waals surface area contributed by atoms with Crippen molar-refractivity contribution in [1.29, 1.82) is 0 Å². The van der Waals surface area contributed by atoms with Crippen LogP contribution in [0.2, 0.25) is 0 Å². The molecule has 0 fully saturated rings. The number of hydrogen-bond acceptors (Lipinski definition) is 2. The number of nitrogens with zero attached hydrogens (tertiary/aromatic N) is 2. The highest BCUT2D eigenvalue weighted by atomic mass is 15.1. The first-order chi connectivity index (χ1) is 6.34. The fourth-order valence-corrected chi connectivity index (χ4v) is 1.03. The fraction of sp³-hybridized carbons (Fsp3) is 0.545. The van der Waals surface area contributed by atoms with Crippen LogP contribution in [0.4, 0.5) is 5.82 Å². The van der Waals surface area contributed by atoms with Gasteiger partial charge in [-0.15, -0.1) is 0 Å². The Balaban J connectivity index is 0.000000671. The summed E-state index contributed by atoms with van der Waals surface area (Å²) in [6.07, 6.45) is 2.98. The largest absolute Gasteiger partial charge is 0.360 e. The maximum Gasteiger partial charge on any atom is 0.128 e. The van der Waals surface area contributed by atoms with Crippen LogP contribution in [0, 0.1) is 0 Å². The Morgan fingerprint density at radius 3 is 2.46 bits per heavy atom. The Hall–Kier alpha value is -1.05. The number of rotatable bonds is 3. The molecule has 2 heteroatoms. The Bertz CT molecular complexity index is 197. The average molecular weight is 180 g/mol. The minimum Gasteiger partial charge on any atom is -0.360 e. The SMILES string of the molecule is CC.CCCN(C)c1ccccn1. The molecule has 0 saturated carbocycles. The maximum atomic E-state index is 4.22. The van der Waals surface area contributed by atoms with Crippen LogP contribution in [0.1, 0.15) is 27.2 Å². The first kappa shape index (κ1) is 11.9. The van der Waals surface area contributed by atoms with Gasteiger partial charge in [0.1, 0.15) is 5.82 Å². The molecular formula is C11H20N2. The number of anilines is 1. The molecule has 0 N–H and O–H groups in total. The average Bonchev–Trinajstić information content (AvgIpc) is 2.23. The second kappa shape index (κ2) is 7.59. The van der Waals surface area contributed by atoms with Gasteiger partial charge in [-0.3, -0.25) is 0 Å². The molecule has 0 atom stereocenters. The predicted molar refractivity (Wildman–Crippen MR) is 59.1 cm³/mol. The number of hydrogen-bond donors (Lipinski definition) is 0. The van der Waals surface area contributed by atoms with E-state index in [1.807, 2.05) is 38.2 Å². The highest BCUT2D eigenvalue weighted by Gasteiger charge is 1.96. The Labute approximate surface area is 81.6 Å². The van der Waals surface area contributed by atoms with Crippen LogP contribution in [0.25, 0.3) is 0 Å². The van der Waals surface area contributed by atoms with Crippen molar-refractivity contribution in [3.63, 3.8) is 0 Å². The van der Waals surface area contributed by atoms with Gasteiger partial charge in [-0.2, -0.15) is 0 Å². The lowest BCUT2D eigenvalue weighted by molar-refractivity contribution is 0.838. The van der Waals surface area contributed by atoms with Gasteiger partial charge >= 0.3 is 0 Å². The summed E-state index contributed by atoms with van der Waals surface area (Å²) in [6.45, 7) is 7.23. The van der Waals surface area contributed by atoms with Crippen LogP contribution in [0.5, 0.6) is 0 Å². The summed E-state index contributed by atoms with van der Waals surface area (Å²) in [6, 6.07) is 5.97. The molecule has 0 aliphatic heterocycles. The first-order valence-corrected chi connectivity index (χ1v) is 4.96. The van der Waals surface area contributed by atoms with Crippen LogP contribution < -0.4 is 4.90 Å². The molecule has 0 saturated heterocycles. The zero-order valence-electron chi connectivity index (χ0n) is 9.12. The van der Waals surface area contributed by atoms with Gasteiger partial charge in [-0.25, -0.2) is 4.98 Å². The van der Waals surface area contributed by atoms with E-state index in [-0.39, 0.29) is 0 Å².